The highest BCUT2D eigenvalue weighted by Gasteiger charge is 2.20. The average Bonchev–Trinajstić information content (AvgIpc) is 2.80. The van der Waals surface area contributed by atoms with Crippen molar-refractivity contribution in [2.75, 3.05) is 5.01 Å². The predicted octanol–water partition coefficient (Wildman–Crippen LogP) is 3.40. The first-order valence-corrected chi connectivity index (χ1v) is 7.03. The fraction of sp³-hybridized carbons (Fsp3) is 0.467. The monoisotopic (exact) mass is 275 g/mol. The van der Waals surface area contributed by atoms with Crippen LogP contribution in [0.25, 0.3) is 11.0 Å². The average molecular weight is 275 g/mol. The molecule has 0 spiro atoms. The fourth-order valence-corrected chi connectivity index (χ4v) is 2.39. The van der Waals surface area contributed by atoms with Crippen molar-refractivity contribution in [2.45, 2.75) is 46.1 Å². The maximum absolute atomic E-state index is 11.4. The van der Waals surface area contributed by atoms with E-state index in [-0.39, 0.29) is 6.04 Å². The van der Waals surface area contributed by atoms with Gasteiger partial charge in [-0.15, -0.1) is 0 Å². The topological polar surface area (TPSA) is 58.4 Å². The number of hydrogen-bond donors (Lipinski definition) is 1. The number of carboxylic acid groups (broad SMARTS) is 1. The molecule has 0 fully saturated rings. The summed E-state index contributed by atoms with van der Waals surface area (Å²) in [5.74, 6) is 0. The van der Waals surface area contributed by atoms with Crippen molar-refractivity contribution < 1.29 is 9.90 Å². The highest BCUT2D eigenvalue weighted by atomic mass is 16.4. The Labute approximate surface area is 118 Å². The molecule has 0 bridgehead atoms. The highest BCUT2D eigenvalue weighted by Crippen LogP contribution is 2.20. The van der Waals surface area contributed by atoms with Crippen molar-refractivity contribution in [1.82, 2.24) is 9.66 Å². The molecule has 2 rings (SSSR count). The van der Waals surface area contributed by atoms with E-state index in [2.05, 4.69) is 18.0 Å². The van der Waals surface area contributed by atoms with Gasteiger partial charge in [0.25, 0.3) is 0 Å². The van der Waals surface area contributed by atoms with Crippen LogP contribution >= 0.6 is 0 Å². The van der Waals surface area contributed by atoms with Crippen molar-refractivity contribution in [2.24, 2.45) is 0 Å². The fourth-order valence-electron chi connectivity index (χ4n) is 2.39. The van der Waals surface area contributed by atoms with Gasteiger partial charge in [0.1, 0.15) is 6.33 Å². The molecule has 1 aromatic heterocycles. The Bertz CT molecular complexity index is 604. The molecular weight excluding hydrogens is 254 g/mol. The van der Waals surface area contributed by atoms with Gasteiger partial charge in [0.15, 0.2) is 0 Å². The van der Waals surface area contributed by atoms with E-state index in [0.29, 0.717) is 0 Å². The number of unbranched alkanes of at least 4 members (excludes halogenated alkanes) is 1. The molecule has 108 valence electrons. The Kier molecular flexibility index (Phi) is 4.27. The molecule has 0 saturated carbocycles. The van der Waals surface area contributed by atoms with Gasteiger partial charge in [0, 0.05) is 0 Å². The molecule has 1 N–H and O–H groups in total. The maximum atomic E-state index is 11.4. The number of benzene rings is 1. The van der Waals surface area contributed by atoms with E-state index < -0.39 is 6.09 Å². The van der Waals surface area contributed by atoms with Crippen LogP contribution in [0, 0.1) is 0 Å². The summed E-state index contributed by atoms with van der Waals surface area (Å²) in [5.41, 5.74) is 2.92. The summed E-state index contributed by atoms with van der Waals surface area (Å²) in [6.45, 7) is 5.85. The Balaban J connectivity index is 2.49. The second-order valence-electron chi connectivity index (χ2n) is 5.20. The number of hydrogen-bond acceptors (Lipinski definition) is 2. The molecule has 0 atom stereocenters. The number of amides is 1. The van der Waals surface area contributed by atoms with Crippen LogP contribution in [0.3, 0.4) is 0 Å². The quantitative estimate of drug-likeness (QED) is 0.909. The molecular formula is C15H21N3O2. The normalized spacial score (nSPS) is 11.2. The van der Waals surface area contributed by atoms with Gasteiger partial charge < -0.3 is 5.11 Å². The van der Waals surface area contributed by atoms with Crippen molar-refractivity contribution in [1.29, 1.82) is 0 Å². The number of fused-ring (bicyclic) bond motifs is 1. The van der Waals surface area contributed by atoms with Gasteiger partial charge in [0.2, 0.25) is 0 Å². The SMILES string of the molecule is CCCCc1cccc2c1ncn2N(C(=O)O)C(C)C. The lowest BCUT2D eigenvalue weighted by Crippen LogP contribution is -2.44. The maximum Gasteiger partial charge on any atom is 0.426 e. The van der Waals surface area contributed by atoms with Crippen LogP contribution in [0.2, 0.25) is 0 Å². The Morgan fingerprint density at radius 3 is 2.80 bits per heavy atom. The molecule has 0 aliphatic heterocycles. The predicted molar refractivity (Wildman–Crippen MR) is 79.7 cm³/mol. The number of para-hydroxylation sites is 1. The van der Waals surface area contributed by atoms with Crippen LogP contribution in [0.4, 0.5) is 4.79 Å². The molecule has 0 aliphatic carbocycles. The third kappa shape index (κ3) is 2.61. The van der Waals surface area contributed by atoms with Gasteiger partial charge in [0.05, 0.1) is 17.1 Å². The Hall–Kier alpha value is -2.04. The van der Waals surface area contributed by atoms with Crippen LogP contribution in [-0.4, -0.2) is 26.9 Å². The first-order chi connectivity index (χ1) is 9.56. The summed E-state index contributed by atoms with van der Waals surface area (Å²) in [7, 11) is 0. The molecule has 0 unspecified atom stereocenters. The van der Waals surface area contributed by atoms with Gasteiger partial charge in [-0.25, -0.2) is 19.5 Å². The summed E-state index contributed by atoms with van der Waals surface area (Å²) in [6, 6.07) is 5.79. The molecule has 1 aromatic carbocycles. The van der Waals surface area contributed by atoms with Crippen molar-refractivity contribution in [3.63, 3.8) is 0 Å². The van der Waals surface area contributed by atoms with Crippen LogP contribution in [0.1, 0.15) is 39.2 Å². The smallest absolute Gasteiger partial charge is 0.426 e. The minimum Gasteiger partial charge on any atom is -0.464 e. The zero-order valence-electron chi connectivity index (χ0n) is 12.2. The molecule has 0 saturated heterocycles. The van der Waals surface area contributed by atoms with Gasteiger partial charge >= 0.3 is 6.09 Å². The third-order valence-electron chi connectivity index (χ3n) is 3.36. The lowest BCUT2D eigenvalue weighted by atomic mass is 10.1. The molecule has 5 nitrogen and oxygen atoms in total. The van der Waals surface area contributed by atoms with E-state index in [9.17, 15) is 9.90 Å². The third-order valence-corrected chi connectivity index (χ3v) is 3.36. The second-order valence-corrected chi connectivity index (χ2v) is 5.20. The zero-order valence-corrected chi connectivity index (χ0v) is 12.2. The summed E-state index contributed by atoms with van der Waals surface area (Å²) in [6.07, 6.45) is 3.83. The lowest BCUT2D eigenvalue weighted by molar-refractivity contribution is 0.192. The lowest BCUT2D eigenvalue weighted by Gasteiger charge is -2.24. The van der Waals surface area contributed by atoms with E-state index in [0.717, 1.165) is 30.3 Å². The minimum atomic E-state index is -0.974. The number of nitrogens with zero attached hydrogens (tertiary/aromatic N) is 3. The number of aryl methyl sites for hydroxylation is 1. The zero-order chi connectivity index (χ0) is 14.7. The molecule has 1 amide bonds. The van der Waals surface area contributed by atoms with E-state index in [4.69, 9.17) is 0 Å². The minimum absolute atomic E-state index is 0.149. The molecule has 20 heavy (non-hydrogen) atoms. The van der Waals surface area contributed by atoms with Crippen LogP contribution in [0.5, 0.6) is 0 Å². The Morgan fingerprint density at radius 1 is 1.45 bits per heavy atom. The largest absolute Gasteiger partial charge is 0.464 e. The van der Waals surface area contributed by atoms with Crippen LogP contribution in [-0.2, 0) is 6.42 Å². The first kappa shape index (κ1) is 14.4. The van der Waals surface area contributed by atoms with Gasteiger partial charge in [-0.3, -0.25) is 0 Å². The molecule has 0 radical (unpaired) electrons. The van der Waals surface area contributed by atoms with E-state index in [1.165, 1.54) is 10.6 Å². The number of imidazole rings is 1. The summed E-state index contributed by atoms with van der Waals surface area (Å²) in [4.78, 5) is 15.8. The van der Waals surface area contributed by atoms with Crippen molar-refractivity contribution in [3.05, 3.63) is 30.1 Å². The second kappa shape index (κ2) is 5.94. The number of rotatable bonds is 5. The van der Waals surface area contributed by atoms with E-state index in [1.807, 2.05) is 26.0 Å². The first-order valence-electron chi connectivity index (χ1n) is 7.03. The van der Waals surface area contributed by atoms with Crippen LogP contribution < -0.4 is 5.01 Å². The van der Waals surface area contributed by atoms with Gasteiger partial charge in [-0.2, -0.15) is 0 Å². The molecule has 2 aromatic rings. The van der Waals surface area contributed by atoms with E-state index in [1.54, 1.807) is 11.0 Å². The molecule has 1 heterocycles. The van der Waals surface area contributed by atoms with E-state index >= 15 is 0 Å². The van der Waals surface area contributed by atoms with Crippen molar-refractivity contribution >= 4 is 17.1 Å². The number of carbonyl (C=O) groups is 1. The molecule has 0 aliphatic rings. The summed E-state index contributed by atoms with van der Waals surface area (Å²) >= 11 is 0. The molecule has 5 heteroatoms. The summed E-state index contributed by atoms with van der Waals surface area (Å²) < 4.78 is 1.62. The van der Waals surface area contributed by atoms with Gasteiger partial charge in [-0.05, 0) is 38.3 Å². The van der Waals surface area contributed by atoms with Crippen molar-refractivity contribution in [3.8, 4) is 0 Å². The Morgan fingerprint density at radius 2 is 2.20 bits per heavy atom. The standard InChI is InChI=1S/C15H21N3O2/c1-4-5-7-12-8-6-9-13-14(12)16-10-17(13)18(11(2)3)15(19)20/h6,8-11H,4-5,7H2,1-3H3,(H,19,20). The summed E-state index contributed by atoms with van der Waals surface area (Å²) in [5, 5.41) is 10.7. The van der Waals surface area contributed by atoms with Gasteiger partial charge in [-0.1, -0.05) is 25.5 Å². The number of aromatic nitrogens is 2. The highest BCUT2D eigenvalue weighted by molar-refractivity contribution is 5.84. The van der Waals surface area contributed by atoms with Crippen LogP contribution in [0.15, 0.2) is 24.5 Å².